The van der Waals surface area contributed by atoms with Gasteiger partial charge >= 0.3 is 0 Å². The van der Waals surface area contributed by atoms with Crippen molar-refractivity contribution in [2.45, 2.75) is 70.7 Å². The third-order valence-electron chi connectivity index (χ3n) is 9.65. The van der Waals surface area contributed by atoms with Crippen molar-refractivity contribution in [1.29, 1.82) is 0 Å². The second-order valence-corrected chi connectivity index (χ2v) is 12.5. The molecule has 3 spiro atoms. The Labute approximate surface area is 195 Å². The molecule has 7 aliphatic rings. The zero-order valence-corrected chi connectivity index (χ0v) is 20.4. The predicted octanol–water partition coefficient (Wildman–Crippen LogP) is 2.44. The van der Waals surface area contributed by atoms with Crippen LogP contribution >= 0.6 is 0 Å². The van der Waals surface area contributed by atoms with Crippen LogP contribution in [0, 0.1) is 34.0 Å². The van der Waals surface area contributed by atoms with Crippen LogP contribution in [0.4, 0.5) is 0 Å². The topological polar surface area (TPSA) is 85.3 Å². The van der Waals surface area contributed by atoms with E-state index in [1.807, 2.05) is 39.0 Å². The van der Waals surface area contributed by atoms with E-state index in [0.717, 1.165) is 12.0 Å². The van der Waals surface area contributed by atoms with Crippen LogP contribution in [0.25, 0.3) is 0 Å². The minimum atomic E-state index is -1.55. The molecular weight excluding hydrogens is 422 g/mol. The van der Waals surface area contributed by atoms with Gasteiger partial charge in [0.1, 0.15) is 11.5 Å². The summed E-state index contributed by atoms with van der Waals surface area (Å²) >= 11 is 0. The Bertz CT molecular complexity index is 1030. The zero-order chi connectivity index (χ0) is 23.9. The second kappa shape index (κ2) is 5.99. The summed E-state index contributed by atoms with van der Waals surface area (Å²) in [6, 6.07) is 0. The maximum atomic E-state index is 14.4. The van der Waals surface area contributed by atoms with E-state index in [9.17, 15) is 14.7 Å². The van der Waals surface area contributed by atoms with Crippen molar-refractivity contribution in [3.05, 3.63) is 23.9 Å². The Hall–Kier alpha value is -1.54. The van der Waals surface area contributed by atoms with Gasteiger partial charge in [-0.2, -0.15) is 0 Å². The Morgan fingerprint density at radius 1 is 1.12 bits per heavy atom. The summed E-state index contributed by atoms with van der Waals surface area (Å²) in [6.07, 6.45) is 2.21. The van der Waals surface area contributed by atoms with Crippen LogP contribution in [0.3, 0.4) is 0 Å². The van der Waals surface area contributed by atoms with Crippen molar-refractivity contribution in [1.82, 2.24) is 4.90 Å². The summed E-state index contributed by atoms with van der Waals surface area (Å²) in [4.78, 5) is 30.4. The van der Waals surface area contributed by atoms with E-state index in [4.69, 9.17) is 14.2 Å². The molecule has 7 rings (SSSR count). The van der Waals surface area contributed by atoms with E-state index in [1.54, 1.807) is 0 Å². The number of hydrogen-bond donors (Lipinski definition) is 1. The molecule has 0 aromatic rings. The molecule has 8 atom stereocenters. The van der Waals surface area contributed by atoms with Crippen molar-refractivity contribution in [3.63, 3.8) is 0 Å². The van der Waals surface area contributed by atoms with Gasteiger partial charge in [0.15, 0.2) is 17.4 Å². The number of aliphatic hydroxyl groups excluding tert-OH is 1. The number of Topliss-reactive ketones (excluding diaryl/α,β-unsaturated/α-hetero) is 2. The summed E-state index contributed by atoms with van der Waals surface area (Å²) in [5, 5.41) is 12.1. The van der Waals surface area contributed by atoms with Gasteiger partial charge in [0.2, 0.25) is 5.79 Å². The maximum absolute atomic E-state index is 14.4. The van der Waals surface area contributed by atoms with Crippen LogP contribution in [0.2, 0.25) is 0 Å². The molecule has 4 aliphatic carbocycles. The van der Waals surface area contributed by atoms with Crippen LogP contribution in [0.1, 0.15) is 47.0 Å². The van der Waals surface area contributed by atoms with E-state index >= 15 is 0 Å². The second-order valence-electron chi connectivity index (χ2n) is 12.5. The molecule has 0 radical (unpaired) electrons. The van der Waals surface area contributed by atoms with Gasteiger partial charge in [-0.15, -0.1) is 0 Å². The predicted molar refractivity (Wildman–Crippen MR) is 119 cm³/mol. The lowest BCUT2D eigenvalue weighted by atomic mass is 9.35. The molecular formula is C26H35NO6. The molecule has 0 aromatic carbocycles. The SMILES string of the molecule is C=C1C(=O)C23[C@@H]4OC(C)(C)OC25OC[C@]2(C(=O)/C(=C\N(C)C)CC(C)(C)[C@H]2[C@@H]5O)[C@@H]3CC[C@@H]14. The number of aliphatic hydroxyl groups is 1. The number of hydrogen-bond acceptors (Lipinski definition) is 7. The fourth-order valence-corrected chi connectivity index (χ4v) is 9.10. The number of carbonyl (C=O) groups is 2. The third-order valence-corrected chi connectivity index (χ3v) is 9.65. The molecule has 180 valence electrons. The highest BCUT2D eigenvalue weighted by atomic mass is 16.8. The molecule has 2 unspecified atom stereocenters. The van der Waals surface area contributed by atoms with E-state index in [0.29, 0.717) is 18.4 Å². The quantitative estimate of drug-likeness (QED) is 0.606. The van der Waals surface area contributed by atoms with Crippen molar-refractivity contribution in [3.8, 4) is 0 Å². The lowest BCUT2D eigenvalue weighted by Crippen LogP contribution is -2.88. The van der Waals surface area contributed by atoms with Crippen molar-refractivity contribution in [2.24, 2.45) is 34.0 Å². The van der Waals surface area contributed by atoms with Gasteiger partial charge in [0.05, 0.1) is 18.1 Å². The lowest BCUT2D eigenvalue weighted by molar-refractivity contribution is -0.523. The van der Waals surface area contributed by atoms with E-state index in [-0.39, 0.29) is 30.0 Å². The van der Waals surface area contributed by atoms with E-state index < -0.39 is 45.9 Å². The van der Waals surface area contributed by atoms with Crippen molar-refractivity contribution < 1.29 is 28.9 Å². The summed E-state index contributed by atoms with van der Waals surface area (Å²) in [5.74, 6) is -3.63. The molecule has 33 heavy (non-hydrogen) atoms. The molecule has 4 saturated carbocycles. The lowest BCUT2D eigenvalue weighted by Gasteiger charge is -2.76. The van der Waals surface area contributed by atoms with Crippen LogP contribution in [-0.4, -0.2) is 66.1 Å². The molecule has 0 amide bonds. The van der Waals surface area contributed by atoms with E-state index in [2.05, 4.69) is 20.4 Å². The number of carbonyl (C=O) groups excluding carboxylic acids is 2. The number of ketones is 2. The minimum absolute atomic E-state index is 0.000374. The third kappa shape index (κ3) is 2.14. The van der Waals surface area contributed by atoms with Crippen LogP contribution < -0.4 is 0 Å². The first-order valence-corrected chi connectivity index (χ1v) is 12.1. The average Bonchev–Trinajstić information content (AvgIpc) is 2.81. The molecule has 7 fully saturated rings. The standard InChI is InChI=1S/C26H35NO6/c1-13-15-8-9-16-24-12-31-26(25(16,18(13)28)21(15)32-23(4,5)33-26)20(30)17(24)22(2,3)10-14(19(24)29)11-27(6)7/h11,15-17,20-21,30H,1,8-10,12H2,2-7H3/b14-11-/t15-,16-,17+,20-,21+,24-,25?,26?/m0/s1. The first kappa shape index (κ1) is 22.0. The highest BCUT2D eigenvalue weighted by Crippen LogP contribution is 2.78. The molecule has 4 bridgehead atoms. The zero-order valence-electron chi connectivity index (χ0n) is 20.4. The van der Waals surface area contributed by atoms with Gasteiger partial charge in [0, 0.05) is 37.7 Å². The number of allylic oxidation sites excluding steroid dienone is 1. The average molecular weight is 458 g/mol. The van der Waals surface area contributed by atoms with Crippen LogP contribution in [-0.2, 0) is 23.8 Å². The fourth-order valence-electron chi connectivity index (χ4n) is 9.10. The first-order valence-electron chi connectivity index (χ1n) is 12.1. The van der Waals surface area contributed by atoms with Gasteiger partial charge in [0.25, 0.3) is 0 Å². The number of nitrogens with zero attached hydrogens (tertiary/aromatic N) is 1. The molecule has 3 heterocycles. The summed E-state index contributed by atoms with van der Waals surface area (Å²) in [6.45, 7) is 12.2. The van der Waals surface area contributed by atoms with Crippen LogP contribution in [0.5, 0.6) is 0 Å². The Balaban J connectivity index is 1.66. The highest BCUT2D eigenvalue weighted by molar-refractivity contribution is 6.08. The fraction of sp³-hybridized carbons (Fsp3) is 0.769. The summed E-state index contributed by atoms with van der Waals surface area (Å²) < 4.78 is 19.5. The minimum Gasteiger partial charge on any atom is -0.387 e. The smallest absolute Gasteiger partial charge is 0.213 e. The summed E-state index contributed by atoms with van der Waals surface area (Å²) in [5.41, 5.74) is -1.43. The Kier molecular flexibility index (Phi) is 3.98. The molecule has 7 heteroatoms. The van der Waals surface area contributed by atoms with Gasteiger partial charge in [-0.05, 0) is 50.0 Å². The van der Waals surface area contributed by atoms with E-state index in [1.165, 1.54) is 0 Å². The highest BCUT2D eigenvalue weighted by Gasteiger charge is 2.90. The summed E-state index contributed by atoms with van der Waals surface area (Å²) in [7, 11) is 3.81. The Morgan fingerprint density at radius 3 is 2.48 bits per heavy atom. The van der Waals surface area contributed by atoms with Crippen molar-refractivity contribution >= 4 is 11.6 Å². The van der Waals surface area contributed by atoms with Crippen LogP contribution in [0.15, 0.2) is 23.9 Å². The number of ether oxygens (including phenoxy) is 3. The normalized spacial score (nSPS) is 52.0. The maximum Gasteiger partial charge on any atom is 0.213 e. The van der Waals surface area contributed by atoms with Gasteiger partial charge < -0.3 is 24.2 Å². The van der Waals surface area contributed by atoms with Gasteiger partial charge in [-0.25, -0.2) is 0 Å². The molecule has 3 saturated heterocycles. The molecule has 0 aromatic heterocycles. The molecule has 3 aliphatic heterocycles. The molecule has 1 N–H and O–H groups in total. The first-order chi connectivity index (χ1) is 15.3. The van der Waals surface area contributed by atoms with Gasteiger partial charge in [-0.3, -0.25) is 9.59 Å². The van der Waals surface area contributed by atoms with Gasteiger partial charge in [-0.1, -0.05) is 20.4 Å². The molecule has 7 nitrogen and oxygen atoms in total. The van der Waals surface area contributed by atoms with Crippen molar-refractivity contribution in [2.75, 3.05) is 20.7 Å². The largest absolute Gasteiger partial charge is 0.387 e. The monoisotopic (exact) mass is 457 g/mol. The number of fused-ring (bicyclic) bond motifs is 1. The number of rotatable bonds is 1. The Morgan fingerprint density at radius 2 is 1.82 bits per heavy atom.